The molecule has 0 aliphatic carbocycles. The van der Waals surface area contributed by atoms with Crippen LogP contribution >= 0.6 is 23.2 Å². The Morgan fingerprint density at radius 2 is 1.60 bits per heavy atom. The highest BCUT2D eigenvalue weighted by Gasteiger charge is 2.02. The molecule has 2 heteroatoms. The van der Waals surface area contributed by atoms with Crippen molar-refractivity contribution in [3.8, 4) is 11.1 Å². The third-order valence-corrected chi connectivity index (χ3v) is 2.95. The van der Waals surface area contributed by atoms with E-state index in [1.165, 1.54) is 5.56 Å². The van der Waals surface area contributed by atoms with Gasteiger partial charge in [-0.15, -0.1) is 11.6 Å². The number of hydrogen-bond acceptors (Lipinski definition) is 0. The molecule has 0 saturated carbocycles. The highest BCUT2D eigenvalue weighted by molar-refractivity contribution is 6.32. The number of rotatable bonds is 2. The molecule has 0 N–H and O–H groups in total. The first-order valence-corrected chi connectivity index (χ1v) is 5.62. The fraction of sp³-hybridized carbons (Fsp3) is 0.0769. The lowest BCUT2D eigenvalue weighted by molar-refractivity contribution is 1.40. The molecular formula is C13H10Cl2. The van der Waals surface area contributed by atoms with Crippen LogP contribution in [0.2, 0.25) is 5.02 Å². The average Bonchev–Trinajstić information content (AvgIpc) is 2.31. The second-order valence-corrected chi connectivity index (χ2v) is 3.98. The number of alkyl halides is 1. The lowest BCUT2D eigenvalue weighted by Crippen LogP contribution is -1.83. The van der Waals surface area contributed by atoms with E-state index in [4.69, 9.17) is 23.2 Å². The zero-order valence-corrected chi connectivity index (χ0v) is 9.59. The first-order valence-electron chi connectivity index (χ1n) is 4.71. The minimum atomic E-state index is 0.444. The molecule has 76 valence electrons. The maximum Gasteiger partial charge on any atom is 0.0489 e. The van der Waals surface area contributed by atoms with E-state index in [0.717, 1.165) is 16.1 Å². The molecule has 0 fully saturated rings. The summed E-state index contributed by atoms with van der Waals surface area (Å²) in [7, 11) is 0. The Balaban J connectivity index is 2.46. The van der Waals surface area contributed by atoms with Crippen molar-refractivity contribution >= 4 is 23.2 Å². The lowest BCUT2D eigenvalue weighted by atomic mass is 10.0. The lowest BCUT2D eigenvalue weighted by Gasteiger charge is -2.05. The first-order chi connectivity index (χ1) is 7.31. The monoisotopic (exact) mass is 236 g/mol. The van der Waals surface area contributed by atoms with E-state index in [0.29, 0.717) is 5.88 Å². The Labute approximate surface area is 99.5 Å². The smallest absolute Gasteiger partial charge is 0.0489 e. The van der Waals surface area contributed by atoms with E-state index in [-0.39, 0.29) is 0 Å². The molecule has 0 atom stereocenters. The van der Waals surface area contributed by atoms with Crippen molar-refractivity contribution in [2.75, 3.05) is 0 Å². The molecular weight excluding hydrogens is 227 g/mol. The topological polar surface area (TPSA) is 0 Å². The summed E-state index contributed by atoms with van der Waals surface area (Å²) in [5, 5.41) is 0.727. The Hall–Kier alpha value is -0.980. The molecule has 0 nitrogen and oxygen atoms in total. The number of hydrogen-bond donors (Lipinski definition) is 0. The predicted octanol–water partition coefficient (Wildman–Crippen LogP) is 4.75. The fourth-order valence-corrected chi connectivity index (χ4v) is 1.96. The number of benzene rings is 2. The van der Waals surface area contributed by atoms with Crippen molar-refractivity contribution in [2.24, 2.45) is 0 Å². The van der Waals surface area contributed by atoms with E-state index < -0.39 is 0 Å². The van der Waals surface area contributed by atoms with E-state index in [9.17, 15) is 0 Å². The van der Waals surface area contributed by atoms with Crippen LogP contribution in [0.4, 0.5) is 0 Å². The fourth-order valence-electron chi connectivity index (χ4n) is 1.49. The minimum Gasteiger partial charge on any atom is -0.121 e. The van der Waals surface area contributed by atoms with Crippen LogP contribution in [0.25, 0.3) is 11.1 Å². The Bertz CT molecular complexity index is 449. The van der Waals surface area contributed by atoms with Gasteiger partial charge in [0.1, 0.15) is 0 Å². The quantitative estimate of drug-likeness (QED) is 0.661. The molecule has 15 heavy (non-hydrogen) atoms. The Kier molecular flexibility index (Phi) is 3.30. The highest BCUT2D eigenvalue weighted by Crippen LogP contribution is 2.25. The van der Waals surface area contributed by atoms with Gasteiger partial charge in [-0.3, -0.25) is 0 Å². The third kappa shape index (κ3) is 2.34. The van der Waals surface area contributed by atoms with Crippen LogP contribution in [-0.2, 0) is 5.88 Å². The van der Waals surface area contributed by atoms with Crippen LogP contribution in [-0.4, -0.2) is 0 Å². The van der Waals surface area contributed by atoms with Crippen LogP contribution in [0.15, 0.2) is 48.5 Å². The summed E-state index contributed by atoms with van der Waals surface area (Å²) in [6.45, 7) is 0. The SMILES string of the molecule is ClCc1cc(-c2ccccc2)ccc1Cl. The summed E-state index contributed by atoms with van der Waals surface area (Å²) in [5.74, 6) is 0.444. The second kappa shape index (κ2) is 4.69. The third-order valence-electron chi connectivity index (χ3n) is 2.30. The van der Waals surface area contributed by atoms with Crippen molar-refractivity contribution in [3.05, 3.63) is 59.1 Å². The normalized spacial score (nSPS) is 10.3. The summed E-state index contributed by atoms with van der Waals surface area (Å²) in [6, 6.07) is 16.1. The molecule has 0 heterocycles. The molecule has 0 aliphatic rings. The van der Waals surface area contributed by atoms with Crippen molar-refractivity contribution < 1.29 is 0 Å². The van der Waals surface area contributed by atoms with Crippen LogP contribution in [0.5, 0.6) is 0 Å². The largest absolute Gasteiger partial charge is 0.121 e. The van der Waals surface area contributed by atoms with Gasteiger partial charge >= 0.3 is 0 Å². The van der Waals surface area contributed by atoms with E-state index in [2.05, 4.69) is 12.1 Å². The van der Waals surface area contributed by atoms with Crippen LogP contribution in [0.3, 0.4) is 0 Å². The number of halogens is 2. The summed E-state index contributed by atoms with van der Waals surface area (Å²) < 4.78 is 0. The molecule has 0 aromatic heterocycles. The van der Waals surface area contributed by atoms with Crippen LogP contribution in [0.1, 0.15) is 5.56 Å². The van der Waals surface area contributed by atoms with Crippen LogP contribution in [0, 0.1) is 0 Å². The molecule has 2 aromatic carbocycles. The van der Waals surface area contributed by atoms with Gasteiger partial charge in [0.15, 0.2) is 0 Å². The van der Waals surface area contributed by atoms with Gasteiger partial charge in [0.05, 0.1) is 0 Å². The zero-order valence-electron chi connectivity index (χ0n) is 8.08. The average molecular weight is 237 g/mol. The first kappa shape index (κ1) is 10.5. The van der Waals surface area contributed by atoms with Gasteiger partial charge in [0, 0.05) is 10.9 Å². The van der Waals surface area contributed by atoms with Crippen LogP contribution < -0.4 is 0 Å². The summed E-state index contributed by atoms with van der Waals surface area (Å²) >= 11 is 11.8. The van der Waals surface area contributed by atoms with Gasteiger partial charge in [-0.05, 0) is 28.8 Å². The molecule has 0 saturated heterocycles. The second-order valence-electron chi connectivity index (χ2n) is 3.31. The van der Waals surface area contributed by atoms with Crippen molar-refractivity contribution in [1.82, 2.24) is 0 Å². The maximum absolute atomic E-state index is 6.00. The van der Waals surface area contributed by atoms with Crippen molar-refractivity contribution in [1.29, 1.82) is 0 Å². The maximum atomic E-state index is 6.00. The zero-order chi connectivity index (χ0) is 10.7. The molecule has 0 amide bonds. The molecule has 0 spiro atoms. The standard InChI is InChI=1S/C13H10Cl2/c14-9-12-8-11(6-7-13(12)15)10-4-2-1-3-5-10/h1-8H,9H2. The van der Waals surface area contributed by atoms with Gasteiger partial charge in [0.2, 0.25) is 0 Å². The predicted molar refractivity (Wildman–Crippen MR) is 66.4 cm³/mol. The molecule has 0 radical (unpaired) electrons. The van der Waals surface area contributed by atoms with E-state index >= 15 is 0 Å². The van der Waals surface area contributed by atoms with Gasteiger partial charge in [-0.25, -0.2) is 0 Å². The Morgan fingerprint density at radius 3 is 2.27 bits per heavy atom. The molecule has 2 rings (SSSR count). The van der Waals surface area contributed by atoms with Gasteiger partial charge in [0.25, 0.3) is 0 Å². The molecule has 0 bridgehead atoms. The summed E-state index contributed by atoms with van der Waals surface area (Å²) in [6.07, 6.45) is 0. The highest BCUT2D eigenvalue weighted by atomic mass is 35.5. The molecule has 2 aromatic rings. The van der Waals surface area contributed by atoms with Crippen molar-refractivity contribution in [3.63, 3.8) is 0 Å². The van der Waals surface area contributed by atoms with E-state index in [1.807, 2.05) is 36.4 Å². The van der Waals surface area contributed by atoms with Gasteiger partial charge in [-0.2, -0.15) is 0 Å². The molecule has 0 aliphatic heterocycles. The minimum absolute atomic E-state index is 0.444. The summed E-state index contributed by atoms with van der Waals surface area (Å²) in [5.41, 5.74) is 3.30. The van der Waals surface area contributed by atoms with Gasteiger partial charge < -0.3 is 0 Å². The van der Waals surface area contributed by atoms with E-state index in [1.54, 1.807) is 0 Å². The summed E-state index contributed by atoms with van der Waals surface area (Å²) in [4.78, 5) is 0. The Morgan fingerprint density at radius 1 is 0.867 bits per heavy atom. The molecule has 0 unspecified atom stereocenters. The van der Waals surface area contributed by atoms with Gasteiger partial charge in [-0.1, -0.05) is 48.0 Å². The van der Waals surface area contributed by atoms with Crippen molar-refractivity contribution in [2.45, 2.75) is 5.88 Å².